The molecule has 1 atom stereocenters. The monoisotopic (exact) mass is 484 g/mol. The highest BCUT2D eigenvalue weighted by molar-refractivity contribution is 6.02. The third-order valence-corrected chi connectivity index (χ3v) is 7.20. The summed E-state index contributed by atoms with van der Waals surface area (Å²) in [5, 5.41) is 13.8. The fourth-order valence-corrected chi connectivity index (χ4v) is 5.51. The molecule has 6 heteroatoms. The number of hydrogen-bond donors (Lipinski definition) is 2. The van der Waals surface area contributed by atoms with Crippen LogP contribution in [-0.2, 0) is 11.2 Å². The predicted octanol–water partition coefficient (Wildman–Crippen LogP) is 5.94. The van der Waals surface area contributed by atoms with Crippen molar-refractivity contribution in [2.24, 2.45) is 0 Å². The van der Waals surface area contributed by atoms with Crippen molar-refractivity contribution in [3.63, 3.8) is 0 Å². The summed E-state index contributed by atoms with van der Waals surface area (Å²) >= 11 is 0. The number of nitrogens with zero attached hydrogens (tertiary/aromatic N) is 2. The molecule has 0 bridgehead atoms. The van der Waals surface area contributed by atoms with Crippen molar-refractivity contribution >= 4 is 28.6 Å². The Balaban J connectivity index is 1.56. The molecule has 4 rings (SSSR count). The van der Waals surface area contributed by atoms with Crippen LogP contribution in [-0.4, -0.2) is 36.6 Å². The van der Waals surface area contributed by atoms with Gasteiger partial charge in [-0.3, -0.25) is 4.79 Å². The first-order chi connectivity index (χ1) is 17.3. The minimum Gasteiger partial charge on any atom is -0.496 e. The Labute approximate surface area is 214 Å². The first kappa shape index (κ1) is 25.4. The van der Waals surface area contributed by atoms with Gasteiger partial charge in [0.15, 0.2) is 0 Å². The highest BCUT2D eigenvalue weighted by Crippen LogP contribution is 2.46. The molecule has 2 N–H and O–H groups in total. The Morgan fingerprint density at radius 1 is 1.33 bits per heavy atom. The van der Waals surface area contributed by atoms with Gasteiger partial charge in [0.1, 0.15) is 17.4 Å². The van der Waals surface area contributed by atoms with Crippen molar-refractivity contribution in [1.82, 2.24) is 10.3 Å². The van der Waals surface area contributed by atoms with E-state index in [1.165, 1.54) is 11.3 Å². The first-order valence-corrected chi connectivity index (χ1v) is 12.7. The molecule has 188 valence electrons. The molecule has 1 aromatic heterocycles. The van der Waals surface area contributed by atoms with Crippen molar-refractivity contribution in [2.45, 2.75) is 58.4 Å². The van der Waals surface area contributed by atoms with E-state index in [1.54, 1.807) is 13.2 Å². The lowest BCUT2D eigenvalue weighted by Crippen LogP contribution is -2.48. The van der Waals surface area contributed by atoms with Crippen molar-refractivity contribution in [3.05, 3.63) is 64.9 Å². The number of methoxy groups -OCH3 is 1. The van der Waals surface area contributed by atoms with Crippen LogP contribution in [0.15, 0.2) is 48.2 Å². The Bertz CT molecular complexity index is 1330. The Kier molecular flexibility index (Phi) is 7.40. The van der Waals surface area contributed by atoms with Crippen molar-refractivity contribution in [3.8, 4) is 11.8 Å². The molecule has 1 aliphatic rings. The van der Waals surface area contributed by atoms with Crippen LogP contribution in [0.5, 0.6) is 5.75 Å². The third-order valence-electron chi connectivity index (χ3n) is 7.20. The Morgan fingerprint density at radius 3 is 2.83 bits per heavy atom. The molecule has 1 amide bonds. The predicted molar refractivity (Wildman–Crippen MR) is 146 cm³/mol. The Hall–Kier alpha value is -3.72. The number of ether oxygens (including phenoxy) is 1. The zero-order valence-corrected chi connectivity index (χ0v) is 21.9. The van der Waals surface area contributed by atoms with Gasteiger partial charge >= 0.3 is 0 Å². The highest BCUT2D eigenvalue weighted by Gasteiger charge is 2.36. The van der Waals surface area contributed by atoms with Gasteiger partial charge in [-0.05, 0) is 68.4 Å². The smallest absolute Gasteiger partial charge is 0.261 e. The van der Waals surface area contributed by atoms with Crippen LogP contribution >= 0.6 is 0 Å². The summed E-state index contributed by atoms with van der Waals surface area (Å²) in [6.07, 6.45) is 6.39. The molecule has 0 saturated carbocycles. The first-order valence-electron chi connectivity index (χ1n) is 12.7. The summed E-state index contributed by atoms with van der Waals surface area (Å²) in [6, 6.07) is 14.3. The lowest BCUT2D eigenvalue weighted by molar-refractivity contribution is -0.117. The normalized spacial score (nSPS) is 16.9. The van der Waals surface area contributed by atoms with Gasteiger partial charge in [-0.2, -0.15) is 5.26 Å². The molecule has 2 aromatic carbocycles. The van der Waals surface area contributed by atoms with Crippen molar-refractivity contribution in [1.29, 1.82) is 5.26 Å². The molecule has 1 aliphatic heterocycles. The standard InChI is InChI=1S/C30H36N4O2/c1-6-13-34-27-16-28(36-5)22(15-25(27)20(2)17-30(34,3)4)14-23(18-31)29(35)32-12-11-21-19-33-26-10-8-7-9-24(21)26/h7-10,14-16,19-20,33H,6,11-13,17H2,1-5H3,(H,32,35)/b23-14+. The summed E-state index contributed by atoms with van der Waals surface area (Å²) in [4.78, 5) is 18.6. The van der Waals surface area contributed by atoms with Crippen LogP contribution in [0.2, 0.25) is 0 Å². The average molecular weight is 485 g/mol. The number of fused-ring (bicyclic) bond motifs is 2. The molecule has 0 fully saturated rings. The quantitative estimate of drug-likeness (QED) is 0.306. The minimum atomic E-state index is -0.376. The number of aromatic amines is 1. The molecular weight excluding hydrogens is 448 g/mol. The molecule has 3 aromatic rings. The van der Waals surface area contributed by atoms with Crippen molar-refractivity contribution < 1.29 is 9.53 Å². The maximum atomic E-state index is 12.9. The van der Waals surface area contributed by atoms with Gasteiger partial charge in [0.2, 0.25) is 0 Å². The number of amides is 1. The second kappa shape index (κ2) is 10.5. The van der Waals surface area contributed by atoms with Gasteiger partial charge in [0.05, 0.1) is 7.11 Å². The zero-order chi connectivity index (χ0) is 25.9. The fourth-order valence-electron chi connectivity index (χ4n) is 5.51. The third kappa shape index (κ3) is 4.97. The molecule has 6 nitrogen and oxygen atoms in total. The van der Waals surface area contributed by atoms with Gasteiger partial charge in [-0.1, -0.05) is 32.0 Å². The van der Waals surface area contributed by atoms with E-state index in [2.05, 4.69) is 67.2 Å². The van der Waals surface area contributed by atoms with Crippen LogP contribution in [0.1, 0.15) is 63.1 Å². The van der Waals surface area contributed by atoms with Crippen molar-refractivity contribution in [2.75, 3.05) is 25.1 Å². The average Bonchev–Trinajstić information content (AvgIpc) is 3.27. The highest BCUT2D eigenvalue weighted by atomic mass is 16.5. The molecule has 0 radical (unpaired) electrons. The SMILES string of the molecule is CCCN1c2cc(OC)c(/C=C(\C#N)C(=O)NCCc3c[nH]c4ccccc34)cc2C(C)CC1(C)C. The molecule has 0 spiro atoms. The molecule has 2 heterocycles. The van der Waals surface area contributed by atoms with E-state index in [-0.39, 0.29) is 17.0 Å². The second-order valence-electron chi connectivity index (χ2n) is 10.3. The van der Waals surface area contributed by atoms with E-state index in [4.69, 9.17) is 4.74 Å². The number of para-hydroxylation sites is 1. The number of carbonyl (C=O) groups is 1. The van der Waals surface area contributed by atoms with E-state index in [0.29, 0.717) is 24.6 Å². The molecule has 0 saturated heterocycles. The molecule has 36 heavy (non-hydrogen) atoms. The van der Waals surface area contributed by atoms with E-state index in [1.807, 2.05) is 24.4 Å². The summed E-state index contributed by atoms with van der Waals surface area (Å²) in [7, 11) is 1.63. The fraction of sp³-hybridized carbons (Fsp3) is 0.400. The number of carbonyl (C=O) groups excluding carboxylic acids is 1. The molecule has 1 unspecified atom stereocenters. The van der Waals surface area contributed by atoms with Gasteiger partial charge in [-0.25, -0.2) is 0 Å². The van der Waals surface area contributed by atoms with Gasteiger partial charge in [-0.15, -0.1) is 0 Å². The van der Waals surface area contributed by atoms with Crippen LogP contribution in [0.4, 0.5) is 5.69 Å². The number of nitrogens with one attached hydrogen (secondary N) is 2. The van der Waals surface area contributed by atoms with E-state index in [9.17, 15) is 10.1 Å². The summed E-state index contributed by atoms with van der Waals surface area (Å²) in [6.45, 7) is 10.4. The molecule has 0 aliphatic carbocycles. The molecular formula is C30H36N4O2. The summed E-state index contributed by atoms with van der Waals surface area (Å²) in [5.74, 6) is 0.648. The summed E-state index contributed by atoms with van der Waals surface area (Å²) < 4.78 is 5.72. The van der Waals surface area contributed by atoms with E-state index < -0.39 is 0 Å². The second-order valence-corrected chi connectivity index (χ2v) is 10.3. The van der Waals surface area contributed by atoms with Crippen LogP contribution < -0.4 is 15.0 Å². The van der Waals surface area contributed by atoms with Gasteiger partial charge in [0, 0.05) is 53.0 Å². The van der Waals surface area contributed by atoms with Crippen LogP contribution in [0, 0.1) is 11.3 Å². The minimum absolute atomic E-state index is 0.0489. The number of nitriles is 1. The topological polar surface area (TPSA) is 81.2 Å². The number of anilines is 1. The number of hydrogen-bond acceptors (Lipinski definition) is 4. The lowest BCUT2D eigenvalue weighted by atomic mass is 9.79. The van der Waals surface area contributed by atoms with E-state index in [0.717, 1.165) is 41.4 Å². The largest absolute Gasteiger partial charge is 0.496 e. The summed E-state index contributed by atoms with van der Waals surface area (Å²) in [5.41, 5.74) is 5.49. The van der Waals surface area contributed by atoms with E-state index >= 15 is 0 Å². The van der Waals surface area contributed by atoms with Gasteiger partial charge < -0.3 is 19.9 Å². The van der Waals surface area contributed by atoms with Crippen LogP contribution in [0.3, 0.4) is 0 Å². The van der Waals surface area contributed by atoms with Crippen LogP contribution in [0.25, 0.3) is 17.0 Å². The lowest BCUT2D eigenvalue weighted by Gasteiger charge is -2.47. The maximum Gasteiger partial charge on any atom is 0.261 e. The number of rotatable bonds is 8. The number of benzene rings is 2. The Morgan fingerprint density at radius 2 is 2.11 bits per heavy atom. The number of H-pyrrole nitrogens is 1. The van der Waals surface area contributed by atoms with Gasteiger partial charge in [0.25, 0.3) is 5.91 Å². The maximum absolute atomic E-state index is 12.9. The zero-order valence-electron chi connectivity index (χ0n) is 21.9. The number of aromatic nitrogens is 1.